The Hall–Kier alpha value is -0.770. The molecule has 2 N–H and O–H groups in total. The number of rotatable bonds is 9. The molecule has 0 heterocycles. The molecule has 0 saturated heterocycles. The van der Waals surface area contributed by atoms with Gasteiger partial charge >= 0.3 is 0 Å². The van der Waals surface area contributed by atoms with Crippen LogP contribution in [-0.2, 0) is 0 Å². The van der Waals surface area contributed by atoms with Crippen molar-refractivity contribution in [2.75, 3.05) is 40.3 Å². The maximum Gasteiger partial charge on any atom is 0.191 e. The van der Waals surface area contributed by atoms with E-state index in [9.17, 15) is 0 Å². The van der Waals surface area contributed by atoms with Crippen LogP contribution in [0.2, 0.25) is 0 Å². The quantitative estimate of drug-likeness (QED) is 0.376. The van der Waals surface area contributed by atoms with E-state index < -0.39 is 0 Å². The van der Waals surface area contributed by atoms with E-state index in [-0.39, 0.29) is 0 Å². The molecular formula is C14H32N4. The lowest BCUT2D eigenvalue weighted by molar-refractivity contribution is 0.399. The molecule has 0 spiro atoms. The zero-order chi connectivity index (χ0) is 13.8. The minimum Gasteiger partial charge on any atom is -0.357 e. The topological polar surface area (TPSA) is 39.7 Å². The molecule has 0 aromatic carbocycles. The Morgan fingerprint density at radius 3 is 2.28 bits per heavy atom. The van der Waals surface area contributed by atoms with Crippen LogP contribution in [0.15, 0.2) is 4.99 Å². The molecule has 0 aliphatic carbocycles. The van der Waals surface area contributed by atoms with Gasteiger partial charge in [-0.3, -0.25) is 4.99 Å². The highest BCUT2D eigenvalue weighted by molar-refractivity contribution is 5.79. The lowest BCUT2D eigenvalue weighted by Gasteiger charge is -2.15. The molecule has 0 aromatic heterocycles. The van der Waals surface area contributed by atoms with Gasteiger partial charge in [-0.2, -0.15) is 0 Å². The molecule has 0 amide bonds. The molecular weight excluding hydrogens is 224 g/mol. The Kier molecular flexibility index (Phi) is 10.8. The normalized spacial score (nSPS) is 12.3. The molecule has 0 aliphatic rings. The van der Waals surface area contributed by atoms with Gasteiger partial charge in [0.2, 0.25) is 0 Å². The van der Waals surface area contributed by atoms with Crippen molar-refractivity contribution in [2.45, 2.75) is 40.0 Å². The van der Waals surface area contributed by atoms with E-state index in [1.54, 1.807) is 0 Å². The number of aliphatic imine (C=N–C) groups is 1. The van der Waals surface area contributed by atoms with Crippen LogP contribution in [-0.4, -0.2) is 51.1 Å². The third-order valence-corrected chi connectivity index (χ3v) is 3.08. The van der Waals surface area contributed by atoms with E-state index in [0.717, 1.165) is 38.6 Å². The van der Waals surface area contributed by atoms with Gasteiger partial charge in [0, 0.05) is 19.6 Å². The molecule has 0 rings (SSSR count). The van der Waals surface area contributed by atoms with Gasteiger partial charge in [0.05, 0.1) is 0 Å². The Bertz CT molecular complexity index is 210. The van der Waals surface area contributed by atoms with Gasteiger partial charge in [0.1, 0.15) is 0 Å². The van der Waals surface area contributed by atoms with Crippen LogP contribution < -0.4 is 10.6 Å². The average Bonchev–Trinajstić information content (AvgIpc) is 2.35. The predicted molar refractivity (Wildman–Crippen MR) is 81.2 cm³/mol. The number of nitrogens with one attached hydrogen (secondary N) is 2. The second-order valence-corrected chi connectivity index (χ2v) is 4.99. The van der Waals surface area contributed by atoms with Crippen molar-refractivity contribution in [3.05, 3.63) is 0 Å². The monoisotopic (exact) mass is 256 g/mol. The van der Waals surface area contributed by atoms with Crippen molar-refractivity contribution in [2.24, 2.45) is 10.9 Å². The van der Waals surface area contributed by atoms with Crippen LogP contribution in [0, 0.1) is 5.92 Å². The Morgan fingerprint density at radius 2 is 1.78 bits per heavy atom. The molecule has 4 heteroatoms. The zero-order valence-electron chi connectivity index (χ0n) is 12.9. The van der Waals surface area contributed by atoms with E-state index >= 15 is 0 Å². The van der Waals surface area contributed by atoms with Gasteiger partial charge in [-0.15, -0.1) is 0 Å². The smallest absolute Gasteiger partial charge is 0.191 e. The minimum atomic E-state index is 0.710. The summed E-state index contributed by atoms with van der Waals surface area (Å²) in [6.07, 6.45) is 3.56. The van der Waals surface area contributed by atoms with Crippen molar-refractivity contribution < 1.29 is 0 Å². The predicted octanol–water partition coefficient (Wildman–Crippen LogP) is 1.93. The van der Waals surface area contributed by atoms with Crippen LogP contribution in [0.1, 0.15) is 40.0 Å². The molecule has 0 atom stereocenters. The van der Waals surface area contributed by atoms with Gasteiger partial charge in [0.15, 0.2) is 5.96 Å². The molecule has 0 aromatic rings. The van der Waals surface area contributed by atoms with Crippen LogP contribution >= 0.6 is 0 Å². The van der Waals surface area contributed by atoms with Crippen molar-refractivity contribution >= 4 is 5.96 Å². The van der Waals surface area contributed by atoms with Crippen molar-refractivity contribution in [1.29, 1.82) is 0 Å². The fourth-order valence-corrected chi connectivity index (χ4v) is 1.71. The van der Waals surface area contributed by atoms with Crippen LogP contribution in [0.5, 0.6) is 0 Å². The summed E-state index contributed by atoms with van der Waals surface area (Å²) < 4.78 is 0. The molecule has 0 radical (unpaired) electrons. The van der Waals surface area contributed by atoms with E-state index in [1.807, 2.05) is 0 Å². The summed E-state index contributed by atoms with van der Waals surface area (Å²) in [4.78, 5) is 6.86. The summed E-state index contributed by atoms with van der Waals surface area (Å²) in [6, 6.07) is 0. The Labute approximate surface area is 113 Å². The fourth-order valence-electron chi connectivity index (χ4n) is 1.71. The van der Waals surface area contributed by atoms with Gasteiger partial charge in [-0.05, 0) is 39.9 Å². The molecule has 0 fully saturated rings. The largest absolute Gasteiger partial charge is 0.357 e. The summed E-state index contributed by atoms with van der Waals surface area (Å²) in [5.41, 5.74) is 0. The summed E-state index contributed by atoms with van der Waals surface area (Å²) in [5.74, 6) is 1.67. The van der Waals surface area contributed by atoms with Crippen molar-refractivity contribution in [3.63, 3.8) is 0 Å². The van der Waals surface area contributed by atoms with E-state index in [4.69, 9.17) is 0 Å². The molecule has 0 saturated carbocycles. The second kappa shape index (κ2) is 11.3. The maximum absolute atomic E-state index is 4.65. The maximum atomic E-state index is 4.65. The van der Waals surface area contributed by atoms with E-state index in [0.29, 0.717) is 5.92 Å². The SMILES string of the molecule is CCNC(=NCC(CC)CC)NCCCN(C)C. The Balaban J connectivity index is 3.99. The lowest BCUT2D eigenvalue weighted by atomic mass is 10.0. The van der Waals surface area contributed by atoms with Crippen LogP contribution in [0.25, 0.3) is 0 Å². The third-order valence-electron chi connectivity index (χ3n) is 3.08. The third kappa shape index (κ3) is 9.28. The fraction of sp³-hybridized carbons (Fsp3) is 0.929. The molecule has 4 nitrogen and oxygen atoms in total. The number of guanidine groups is 1. The molecule has 108 valence electrons. The summed E-state index contributed by atoms with van der Waals surface area (Å²) in [6.45, 7) is 10.5. The minimum absolute atomic E-state index is 0.710. The molecule has 0 unspecified atom stereocenters. The average molecular weight is 256 g/mol. The number of hydrogen-bond acceptors (Lipinski definition) is 2. The standard InChI is InChI=1S/C14H32N4/c1-6-13(7-2)12-17-14(15-8-3)16-10-9-11-18(4)5/h13H,6-12H2,1-5H3,(H2,15,16,17). The van der Waals surface area contributed by atoms with E-state index in [2.05, 4.69) is 55.4 Å². The first kappa shape index (κ1) is 17.2. The van der Waals surface area contributed by atoms with Gasteiger partial charge in [-0.25, -0.2) is 0 Å². The van der Waals surface area contributed by atoms with Crippen LogP contribution in [0.4, 0.5) is 0 Å². The number of hydrogen-bond donors (Lipinski definition) is 2. The zero-order valence-corrected chi connectivity index (χ0v) is 12.9. The summed E-state index contributed by atoms with van der Waals surface area (Å²) in [7, 11) is 4.21. The van der Waals surface area contributed by atoms with Crippen molar-refractivity contribution in [1.82, 2.24) is 15.5 Å². The number of nitrogens with zero attached hydrogens (tertiary/aromatic N) is 2. The first-order valence-electron chi connectivity index (χ1n) is 7.30. The molecule has 18 heavy (non-hydrogen) atoms. The molecule has 0 bridgehead atoms. The van der Waals surface area contributed by atoms with E-state index in [1.165, 1.54) is 12.8 Å². The van der Waals surface area contributed by atoms with Gasteiger partial charge < -0.3 is 15.5 Å². The lowest BCUT2D eigenvalue weighted by Crippen LogP contribution is -2.38. The highest BCUT2D eigenvalue weighted by Gasteiger charge is 2.03. The highest BCUT2D eigenvalue weighted by Crippen LogP contribution is 2.06. The first-order valence-corrected chi connectivity index (χ1v) is 7.30. The summed E-state index contributed by atoms with van der Waals surface area (Å²) >= 11 is 0. The highest BCUT2D eigenvalue weighted by atomic mass is 15.2. The summed E-state index contributed by atoms with van der Waals surface area (Å²) in [5, 5.41) is 6.69. The Morgan fingerprint density at radius 1 is 1.11 bits per heavy atom. The van der Waals surface area contributed by atoms with Crippen molar-refractivity contribution in [3.8, 4) is 0 Å². The van der Waals surface area contributed by atoms with Gasteiger partial charge in [-0.1, -0.05) is 26.7 Å². The second-order valence-electron chi connectivity index (χ2n) is 4.99. The first-order chi connectivity index (χ1) is 8.63. The molecule has 0 aliphatic heterocycles. The van der Waals surface area contributed by atoms with Gasteiger partial charge in [0.25, 0.3) is 0 Å². The van der Waals surface area contributed by atoms with Crippen LogP contribution in [0.3, 0.4) is 0 Å².